The van der Waals surface area contributed by atoms with E-state index in [9.17, 15) is 9.59 Å². The summed E-state index contributed by atoms with van der Waals surface area (Å²) in [5.74, 6) is 0.391. The molecule has 2 amide bonds. The first-order valence-electron chi connectivity index (χ1n) is 9.73. The fourth-order valence-electron chi connectivity index (χ4n) is 3.43. The molecule has 1 saturated carbocycles. The van der Waals surface area contributed by atoms with Crippen molar-refractivity contribution in [3.63, 3.8) is 0 Å². The zero-order valence-corrected chi connectivity index (χ0v) is 16.2. The third kappa shape index (κ3) is 5.49. The summed E-state index contributed by atoms with van der Waals surface area (Å²) in [6.45, 7) is 0.0961. The van der Waals surface area contributed by atoms with E-state index in [1.165, 1.54) is 19.3 Å². The molecule has 2 aromatic carbocycles. The molecule has 0 bridgehead atoms. The molecule has 1 aliphatic carbocycles. The van der Waals surface area contributed by atoms with Gasteiger partial charge in [0.2, 0.25) is 5.91 Å². The average molecular weight is 381 g/mol. The van der Waals surface area contributed by atoms with Crippen LogP contribution in [0.2, 0.25) is 0 Å². The van der Waals surface area contributed by atoms with Gasteiger partial charge in [0.1, 0.15) is 5.75 Å². The summed E-state index contributed by atoms with van der Waals surface area (Å²) in [4.78, 5) is 24.8. The minimum atomic E-state index is -0.198. The van der Waals surface area contributed by atoms with Crippen molar-refractivity contribution in [3.05, 3.63) is 54.1 Å². The standard InChI is InChI=1S/C22H27N3O3/c1-28-20-13-6-5-12-19(20)23-15-21(26)24-18-11-7-8-16(14-18)22(27)25-17-9-3-2-4-10-17/h5-8,11-14,17,23H,2-4,9-10,15H2,1H3,(H,24,26)(H,25,27). The smallest absolute Gasteiger partial charge is 0.251 e. The van der Waals surface area contributed by atoms with E-state index in [-0.39, 0.29) is 24.4 Å². The summed E-state index contributed by atoms with van der Waals surface area (Å²) >= 11 is 0. The zero-order chi connectivity index (χ0) is 19.8. The molecule has 1 aliphatic rings. The molecule has 1 fully saturated rings. The van der Waals surface area contributed by atoms with Crippen LogP contribution in [0.5, 0.6) is 5.75 Å². The normalized spacial score (nSPS) is 14.2. The van der Waals surface area contributed by atoms with Crippen LogP contribution in [0.4, 0.5) is 11.4 Å². The van der Waals surface area contributed by atoms with Crippen LogP contribution in [-0.4, -0.2) is 31.5 Å². The maximum atomic E-state index is 12.5. The number of para-hydroxylation sites is 2. The SMILES string of the molecule is COc1ccccc1NCC(=O)Nc1cccc(C(=O)NC2CCCCC2)c1. The number of carbonyl (C=O) groups excluding carboxylic acids is 2. The van der Waals surface area contributed by atoms with E-state index in [1.54, 1.807) is 31.4 Å². The Balaban J connectivity index is 1.54. The van der Waals surface area contributed by atoms with Crippen LogP contribution >= 0.6 is 0 Å². The lowest BCUT2D eigenvalue weighted by Gasteiger charge is -2.22. The van der Waals surface area contributed by atoms with Crippen molar-refractivity contribution >= 4 is 23.2 Å². The van der Waals surface area contributed by atoms with Crippen molar-refractivity contribution in [3.8, 4) is 5.75 Å². The topological polar surface area (TPSA) is 79.5 Å². The lowest BCUT2D eigenvalue weighted by atomic mass is 9.95. The average Bonchev–Trinajstić information content (AvgIpc) is 2.73. The van der Waals surface area contributed by atoms with Crippen LogP contribution in [0.15, 0.2) is 48.5 Å². The maximum absolute atomic E-state index is 12.5. The molecule has 0 heterocycles. The number of nitrogens with one attached hydrogen (secondary N) is 3. The number of rotatable bonds is 7. The quantitative estimate of drug-likeness (QED) is 0.681. The van der Waals surface area contributed by atoms with E-state index in [2.05, 4.69) is 16.0 Å². The molecule has 0 atom stereocenters. The Bertz CT molecular complexity index is 816. The molecule has 148 valence electrons. The number of hydrogen-bond acceptors (Lipinski definition) is 4. The van der Waals surface area contributed by atoms with Crippen LogP contribution < -0.4 is 20.7 Å². The van der Waals surface area contributed by atoms with Crippen molar-refractivity contribution in [2.75, 3.05) is 24.3 Å². The Morgan fingerprint density at radius 3 is 2.61 bits per heavy atom. The van der Waals surface area contributed by atoms with E-state index >= 15 is 0 Å². The van der Waals surface area contributed by atoms with E-state index in [0.29, 0.717) is 17.0 Å². The highest BCUT2D eigenvalue weighted by atomic mass is 16.5. The van der Waals surface area contributed by atoms with Gasteiger partial charge in [0.15, 0.2) is 0 Å². The second-order valence-electron chi connectivity index (χ2n) is 6.99. The first kappa shape index (κ1) is 19.7. The van der Waals surface area contributed by atoms with E-state index < -0.39 is 0 Å². The fourth-order valence-corrected chi connectivity index (χ4v) is 3.43. The molecular weight excluding hydrogens is 354 g/mol. The van der Waals surface area contributed by atoms with E-state index in [4.69, 9.17) is 4.74 Å². The van der Waals surface area contributed by atoms with Gasteiger partial charge in [-0.2, -0.15) is 0 Å². The lowest BCUT2D eigenvalue weighted by molar-refractivity contribution is -0.114. The van der Waals surface area contributed by atoms with Gasteiger partial charge in [-0.1, -0.05) is 37.5 Å². The van der Waals surface area contributed by atoms with Crippen molar-refractivity contribution in [2.45, 2.75) is 38.1 Å². The Hall–Kier alpha value is -3.02. The van der Waals surface area contributed by atoms with Crippen molar-refractivity contribution < 1.29 is 14.3 Å². The number of amides is 2. The first-order chi connectivity index (χ1) is 13.7. The Morgan fingerprint density at radius 1 is 1.04 bits per heavy atom. The molecule has 3 N–H and O–H groups in total. The Kier molecular flexibility index (Phi) is 6.89. The highest BCUT2D eigenvalue weighted by Crippen LogP contribution is 2.22. The van der Waals surface area contributed by atoms with Crippen LogP contribution in [0, 0.1) is 0 Å². The van der Waals surface area contributed by atoms with Gasteiger partial charge in [-0.25, -0.2) is 0 Å². The highest BCUT2D eigenvalue weighted by molar-refractivity contribution is 5.98. The van der Waals surface area contributed by atoms with Crippen molar-refractivity contribution in [2.24, 2.45) is 0 Å². The Labute approximate surface area is 165 Å². The van der Waals surface area contributed by atoms with Gasteiger partial charge in [-0.15, -0.1) is 0 Å². The maximum Gasteiger partial charge on any atom is 0.251 e. The molecule has 6 heteroatoms. The predicted octanol–water partition coefficient (Wildman–Crippen LogP) is 3.81. The van der Waals surface area contributed by atoms with Crippen LogP contribution in [0.3, 0.4) is 0 Å². The number of methoxy groups -OCH3 is 1. The van der Waals surface area contributed by atoms with Gasteiger partial charge < -0.3 is 20.7 Å². The number of anilines is 2. The summed E-state index contributed by atoms with van der Waals surface area (Å²) in [6, 6.07) is 14.7. The number of carbonyl (C=O) groups is 2. The number of hydrogen-bond donors (Lipinski definition) is 3. The van der Waals surface area contributed by atoms with Crippen LogP contribution in [0.1, 0.15) is 42.5 Å². The first-order valence-corrected chi connectivity index (χ1v) is 9.73. The molecule has 3 rings (SSSR count). The molecule has 0 unspecified atom stereocenters. The van der Waals surface area contributed by atoms with Gasteiger partial charge in [0, 0.05) is 17.3 Å². The van der Waals surface area contributed by atoms with Gasteiger partial charge in [-0.05, 0) is 43.2 Å². The molecule has 28 heavy (non-hydrogen) atoms. The molecule has 0 saturated heterocycles. The minimum Gasteiger partial charge on any atom is -0.495 e. The summed E-state index contributed by atoms with van der Waals surface area (Å²) in [7, 11) is 1.59. The van der Waals surface area contributed by atoms with Crippen LogP contribution in [0.25, 0.3) is 0 Å². The van der Waals surface area contributed by atoms with Crippen LogP contribution in [-0.2, 0) is 4.79 Å². The second-order valence-corrected chi connectivity index (χ2v) is 6.99. The minimum absolute atomic E-state index is 0.0878. The number of benzene rings is 2. The molecule has 0 aromatic heterocycles. The van der Waals surface area contributed by atoms with Gasteiger partial charge in [0.25, 0.3) is 5.91 Å². The Morgan fingerprint density at radius 2 is 1.82 bits per heavy atom. The van der Waals surface area contributed by atoms with Gasteiger partial charge in [0.05, 0.1) is 19.3 Å². The molecule has 0 aliphatic heterocycles. The van der Waals surface area contributed by atoms with E-state index in [1.807, 2.05) is 24.3 Å². The summed E-state index contributed by atoms with van der Waals surface area (Å²) in [5, 5.41) is 8.98. The van der Waals surface area contributed by atoms with Gasteiger partial charge in [-0.3, -0.25) is 9.59 Å². The third-order valence-electron chi connectivity index (χ3n) is 4.90. The monoisotopic (exact) mass is 381 g/mol. The lowest BCUT2D eigenvalue weighted by Crippen LogP contribution is -2.36. The molecule has 6 nitrogen and oxygen atoms in total. The fraction of sp³-hybridized carbons (Fsp3) is 0.364. The van der Waals surface area contributed by atoms with Crippen molar-refractivity contribution in [1.82, 2.24) is 5.32 Å². The highest BCUT2D eigenvalue weighted by Gasteiger charge is 2.17. The predicted molar refractivity (Wildman–Crippen MR) is 111 cm³/mol. The summed E-state index contributed by atoms with van der Waals surface area (Å²) in [5.41, 5.74) is 1.91. The zero-order valence-electron chi connectivity index (χ0n) is 16.2. The second kappa shape index (κ2) is 9.78. The summed E-state index contributed by atoms with van der Waals surface area (Å²) < 4.78 is 5.26. The molecule has 0 spiro atoms. The van der Waals surface area contributed by atoms with Gasteiger partial charge >= 0.3 is 0 Å². The molecule has 2 aromatic rings. The summed E-state index contributed by atoms with van der Waals surface area (Å²) in [6.07, 6.45) is 5.66. The molecule has 0 radical (unpaired) electrons. The molecular formula is C22H27N3O3. The van der Waals surface area contributed by atoms with E-state index in [0.717, 1.165) is 18.5 Å². The third-order valence-corrected chi connectivity index (χ3v) is 4.90. The largest absolute Gasteiger partial charge is 0.495 e. The van der Waals surface area contributed by atoms with Crippen molar-refractivity contribution in [1.29, 1.82) is 0 Å². The number of ether oxygens (including phenoxy) is 1.